The van der Waals surface area contributed by atoms with Crippen LogP contribution < -0.4 is 19.4 Å². The third-order valence-electron chi connectivity index (χ3n) is 4.86. The molecule has 26 heavy (non-hydrogen) atoms. The van der Waals surface area contributed by atoms with Crippen LogP contribution in [0.25, 0.3) is 0 Å². The van der Waals surface area contributed by atoms with Gasteiger partial charge in [-0.05, 0) is 36.8 Å². The van der Waals surface area contributed by atoms with Crippen molar-refractivity contribution in [2.24, 2.45) is 0 Å². The lowest BCUT2D eigenvalue weighted by molar-refractivity contribution is 0.415. The first-order valence-corrected chi connectivity index (χ1v) is 9.39. The monoisotopic (exact) mass is 355 g/mol. The van der Waals surface area contributed by atoms with Crippen LogP contribution in [0.15, 0.2) is 36.5 Å². The second-order valence-corrected chi connectivity index (χ2v) is 6.66. The van der Waals surface area contributed by atoms with Gasteiger partial charge in [0.15, 0.2) is 0 Å². The molecule has 2 heterocycles. The van der Waals surface area contributed by atoms with E-state index in [9.17, 15) is 0 Å². The number of piperazine rings is 1. The summed E-state index contributed by atoms with van der Waals surface area (Å²) in [6, 6.07) is 10.3. The number of benzene rings is 1. The van der Waals surface area contributed by atoms with Gasteiger partial charge >= 0.3 is 0 Å². The lowest BCUT2D eigenvalue weighted by atomic mass is 10.2. The Balaban J connectivity index is 1.60. The van der Waals surface area contributed by atoms with Gasteiger partial charge in [-0.2, -0.15) is 4.98 Å². The predicted molar refractivity (Wildman–Crippen MR) is 108 cm³/mol. The molecular weight excluding hydrogens is 326 g/mol. The summed E-state index contributed by atoms with van der Waals surface area (Å²) in [5.74, 6) is 2.73. The SMILES string of the molecule is CCCCN(C)c1nccc(N2CCN(c3ccc(OC)cc3)CC2)n1. The standard InChI is InChI=1S/C20H29N5O/c1-4-5-12-23(2)20-21-11-10-19(22-20)25-15-13-24(14-16-25)17-6-8-18(26-3)9-7-17/h6-11H,4-5,12-16H2,1-3H3. The summed E-state index contributed by atoms with van der Waals surface area (Å²) < 4.78 is 5.24. The fraction of sp³-hybridized carbons (Fsp3) is 0.500. The molecule has 0 bridgehead atoms. The summed E-state index contributed by atoms with van der Waals surface area (Å²) >= 11 is 0. The highest BCUT2D eigenvalue weighted by molar-refractivity contribution is 5.52. The molecule has 0 aliphatic carbocycles. The van der Waals surface area contributed by atoms with Gasteiger partial charge in [0.2, 0.25) is 5.95 Å². The largest absolute Gasteiger partial charge is 0.497 e. The Kier molecular flexibility index (Phi) is 6.15. The zero-order valence-corrected chi connectivity index (χ0v) is 16.1. The van der Waals surface area contributed by atoms with Gasteiger partial charge in [-0.25, -0.2) is 4.98 Å². The third kappa shape index (κ3) is 4.36. The first kappa shape index (κ1) is 18.3. The minimum absolute atomic E-state index is 0.813. The fourth-order valence-corrected chi connectivity index (χ4v) is 3.18. The van der Waals surface area contributed by atoms with E-state index in [0.29, 0.717) is 0 Å². The molecule has 0 N–H and O–H groups in total. The maximum absolute atomic E-state index is 5.24. The van der Waals surface area contributed by atoms with Crippen LogP contribution in [0.1, 0.15) is 19.8 Å². The van der Waals surface area contributed by atoms with Crippen LogP contribution >= 0.6 is 0 Å². The smallest absolute Gasteiger partial charge is 0.226 e. The number of rotatable bonds is 7. The van der Waals surface area contributed by atoms with E-state index in [1.54, 1.807) is 7.11 Å². The van der Waals surface area contributed by atoms with Crippen LogP contribution in [0.3, 0.4) is 0 Å². The molecule has 0 amide bonds. The van der Waals surface area contributed by atoms with Crippen LogP contribution in [-0.4, -0.2) is 56.8 Å². The number of methoxy groups -OCH3 is 1. The highest BCUT2D eigenvalue weighted by Crippen LogP contribution is 2.22. The Morgan fingerprint density at radius 1 is 1.04 bits per heavy atom. The van der Waals surface area contributed by atoms with Crippen LogP contribution in [0.2, 0.25) is 0 Å². The van der Waals surface area contributed by atoms with E-state index in [-0.39, 0.29) is 0 Å². The maximum Gasteiger partial charge on any atom is 0.226 e. The van der Waals surface area contributed by atoms with E-state index in [1.165, 1.54) is 12.1 Å². The normalized spacial score (nSPS) is 14.4. The van der Waals surface area contributed by atoms with E-state index in [4.69, 9.17) is 9.72 Å². The number of hydrogen-bond acceptors (Lipinski definition) is 6. The molecule has 0 atom stereocenters. The van der Waals surface area contributed by atoms with E-state index in [1.807, 2.05) is 24.4 Å². The van der Waals surface area contributed by atoms with Crippen molar-refractivity contribution in [1.29, 1.82) is 0 Å². The number of nitrogens with zero attached hydrogens (tertiary/aromatic N) is 5. The Morgan fingerprint density at radius 3 is 2.38 bits per heavy atom. The maximum atomic E-state index is 5.24. The van der Waals surface area contributed by atoms with E-state index in [0.717, 1.165) is 56.7 Å². The summed E-state index contributed by atoms with van der Waals surface area (Å²) in [4.78, 5) is 16.1. The Morgan fingerprint density at radius 2 is 1.73 bits per heavy atom. The lowest BCUT2D eigenvalue weighted by Crippen LogP contribution is -2.46. The molecular formula is C20H29N5O. The molecule has 1 aliphatic heterocycles. The van der Waals surface area contributed by atoms with Crippen LogP contribution in [0.4, 0.5) is 17.5 Å². The number of anilines is 3. The molecule has 1 saturated heterocycles. The summed E-state index contributed by atoms with van der Waals surface area (Å²) in [6.07, 6.45) is 4.21. The number of hydrogen-bond donors (Lipinski definition) is 0. The van der Waals surface area contributed by atoms with E-state index < -0.39 is 0 Å². The number of unbranched alkanes of at least 4 members (excludes halogenated alkanes) is 1. The van der Waals surface area contributed by atoms with Crippen LogP contribution in [0.5, 0.6) is 5.75 Å². The van der Waals surface area contributed by atoms with E-state index in [2.05, 4.69) is 45.8 Å². The van der Waals surface area contributed by atoms with Gasteiger partial charge in [0.05, 0.1) is 7.11 Å². The average molecular weight is 355 g/mol. The Labute approximate surface area is 156 Å². The van der Waals surface area contributed by atoms with Crippen LogP contribution in [0, 0.1) is 0 Å². The van der Waals surface area contributed by atoms with Gasteiger partial charge < -0.3 is 19.4 Å². The highest BCUT2D eigenvalue weighted by atomic mass is 16.5. The van der Waals surface area contributed by atoms with Crippen molar-refractivity contribution in [2.45, 2.75) is 19.8 Å². The summed E-state index contributed by atoms with van der Waals surface area (Å²) in [5.41, 5.74) is 1.24. The lowest BCUT2D eigenvalue weighted by Gasteiger charge is -2.37. The third-order valence-corrected chi connectivity index (χ3v) is 4.86. The molecule has 0 saturated carbocycles. The van der Waals surface area contributed by atoms with Crippen molar-refractivity contribution in [3.63, 3.8) is 0 Å². The van der Waals surface area contributed by atoms with Crippen molar-refractivity contribution in [1.82, 2.24) is 9.97 Å². The van der Waals surface area contributed by atoms with Crippen molar-refractivity contribution in [3.05, 3.63) is 36.5 Å². The minimum atomic E-state index is 0.813. The second-order valence-electron chi connectivity index (χ2n) is 6.66. The number of aromatic nitrogens is 2. The minimum Gasteiger partial charge on any atom is -0.497 e. The molecule has 140 valence electrons. The molecule has 1 aromatic carbocycles. The highest BCUT2D eigenvalue weighted by Gasteiger charge is 2.19. The summed E-state index contributed by atoms with van der Waals surface area (Å²) in [7, 11) is 3.76. The molecule has 0 unspecified atom stereocenters. The first-order valence-electron chi connectivity index (χ1n) is 9.39. The summed E-state index contributed by atoms with van der Waals surface area (Å²) in [5, 5.41) is 0. The van der Waals surface area contributed by atoms with Crippen molar-refractivity contribution >= 4 is 17.5 Å². The van der Waals surface area contributed by atoms with Gasteiger partial charge in [-0.15, -0.1) is 0 Å². The molecule has 6 heteroatoms. The first-order chi connectivity index (χ1) is 12.7. The molecule has 1 aliphatic rings. The average Bonchev–Trinajstić information content (AvgIpc) is 2.72. The van der Waals surface area contributed by atoms with Crippen molar-refractivity contribution in [3.8, 4) is 5.75 Å². The molecule has 0 radical (unpaired) electrons. The van der Waals surface area contributed by atoms with E-state index >= 15 is 0 Å². The zero-order chi connectivity index (χ0) is 18.4. The molecule has 0 spiro atoms. The molecule has 1 fully saturated rings. The van der Waals surface area contributed by atoms with Crippen LogP contribution in [-0.2, 0) is 0 Å². The second kappa shape index (κ2) is 8.74. The molecule has 3 rings (SSSR count). The summed E-state index contributed by atoms with van der Waals surface area (Å²) in [6.45, 7) is 7.08. The van der Waals surface area contributed by atoms with Gasteiger partial charge in [-0.3, -0.25) is 0 Å². The quantitative estimate of drug-likeness (QED) is 0.761. The van der Waals surface area contributed by atoms with Gasteiger partial charge in [-0.1, -0.05) is 13.3 Å². The van der Waals surface area contributed by atoms with Gasteiger partial charge in [0.25, 0.3) is 0 Å². The Bertz CT molecular complexity index is 683. The topological polar surface area (TPSA) is 44.7 Å². The zero-order valence-electron chi connectivity index (χ0n) is 16.1. The van der Waals surface area contributed by atoms with Crippen molar-refractivity contribution in [2.75, 3.05) is 61.6 Å². The molecule has 1 aromatic heterocycles. The molecule has 2 aromatic rings. The predicted octanol–water partition coefficient (Wildman–Crippen LogP) is 3.05. The van der Waals surface area contributed by atoms with Gasteiger partial charge in [0.1, 0.15) is 11.6 Å². The fourth-order valence-electron chi connectivity index (χ4n) is 3.18. The molecule has 6 nitrogen and oxygen atoms in total. The van der Waals surface area contributed by atoms with Gasteiger partial charge in [0, 0.05) is 51.7 Å². The van der Waals surface area contributed by atoms with Crippen molar-refractivity contribution < 1.29 is 4.74 Å². The Hall–Kier alpha value is -2.50. The number of ether oxygens (including phenoxy) is 1.